The topological polar surface area (TPSA) is 23.5 Å². The van der Waals surface area contributed by atoms with Gasteiger partial charge in [0.05, 0.1) is 6.10 Å². The summed E-state index contributed by atoms with van der Waals surface area (Å²) in [6, 6.07) is 8.11. The Labute approximate surface area is 101 Å². The zero-order valence-electron chi connectivity index (χ0n) is 9.14. The molecule has 2 heterocycles. The summed E-state index contributed by atoms with van der Waals surface area (Å²) < 4.78 is 0. The van der Waals surface area contributed by atoms with Gasteiger partial charge in [-0.2, -0.15) is 0 Å². The van der Waals surface area contributed by atoms with E-state index in [1.165, 1.54) is 5.56 Å². The molecule has 1 aromatic carbocycles. The van der Waals surface area contributed by atoms with Crippen molar-refractivity contribution in [1.82, 2.24) is 4.90 Å². The first-order valence-corrected chi connectivity index (χ1v) is 6.28. The molecular formula is C13H16ClNO. The Bertz CT molecular complexity index is 378. The lowest BCUT2D eigenvalue weighted by molar-refractivity contribution is 0.133. The fraction of sp³-hybridized carbons (Fsp3) is 0.538. The number of rotatable bonds is 1. The van der Waals surface area contributed by atoms with Crippen molar-refractivity contribution >= 4 is 11.6 Å². The van der Waals surface area contributed by atoms with Crippen molar-refractivity contribution in [3.63, 3.8) is 0 Å². The van der Waals surface area contributed by atoms with Crippen molar-refractivity contribution in [1.29, 1.82) is 0 Å². The third-order valence-corrected chi connectivity index (χ3v) is 4.23. The van der Waals surface area contributed by atoms with Gasteiger partial charge in [-0.15, -0.1) is 0 Å². The van der Waals surface area contributed by atoms with Crippen LogP contribution in [0.2, 0.25) is 5.02 Å². The summed E-state index contributed by atoms with van der Waals surface area (Å²) in [5, 5.41) is 10.8. The standard InChI is InChI=1S/C13H16ClNO/c14-10-3-1-9(2-4-10)11-5-6-15-7-12(11)13(16)8-15/h1-4,11-13,16H,5-8H2/t11-,12?,13-/m1/s1. The Morgan fingerprint density at radius 2 is 1.94 bits per heavy atom. The SMILES string of the molecule is O[C@@H]1CN2CC[C@H](c3ccc(Cl)cc3)C1C2. The molecule has 4 atom stereocenters. The van der Waals surface area contributed by atoms with Crippen LogP contribution in [0.25, 0.3) is 0 Å². The number of halogens is 1. The summed E-state index contributed by atoms with van der Waals surface area (Å²) in [5.41, 5.74) is 1.33. The molecule has 1 N–H and O–H groups in total. The quantitative estimate of drug-likeness (QED) is 0.809. The minimum Gasteiger partial charge on any atom is -0.391 e. The molecule has 2 saturated heterocycles. The molecular weight excluding hydrogens is 222 g/mol. The Balaban J connectivity index is 1.86. The van der Waals surface area contributed by atoms with Crippen LogP contribution in [-0.2, 0) is 0 Å². The van der Waals surface area contributed by atoms with Gasteiger partial charge in [-0.05, 0) is 36.6 Å². The van der Waals surface area contributed by atoms with Gasteiger partial charge in [0.15, 0.2) is 0 Å². The molecule has 0 amide bonds. The molecule has 86 valence electrons. The van der Waals surface area contributed by atoms with E-state index < -0.39 is 0 Å². The molecule has 0 radical (unpaired) electrons. The molecule has 2 bridgehead atoms. The number of aliphatic hydroxyl groups is 1. The van der Waals surface area contributed by atoms with Gasteiger partial charge in [0, 0.05) is 24.0 Å². The second kappa shape index (κ2) is 4.02. The number of hydrogen-bond donors (Lipinski definition) is 1. The van der Waals surface area contributed by atoms with E-state index in [-0.39, 0.29) is 6.10 Å². The van der Waals surface area contributed by atoms with E-state index in [4.69, 9.17) is 11.6 Å². The van der Waals surface area contributed by atoms with Crippen LogP contribution in [0.1, 0.15) is 17.9 Å². The zero-order valence-corrected chi connectivity index (χ0v) is 9.90. The lowest BCUT2D eigenvalue weighted by Gasteiger charge is -2.31. The molecule has 16 heavy (non-hydrogen) atoms. The van der Waals surface area contributed by atoms with Crippen LogP contribution in [0, 0.1) is 5.92 Å². The molecule has 2 aliphatic rings. The molecule has 2 fully saturated rings. The van der Waals surface area contributed by atoms with Crippen molar-refractivity contribution < 1.29 is 5.11 Å². The lowest BCUT2D eigenvalue weighted by atomic mass is 9.81. The predicted molar refractivity (Wildman–Crippen MR) is 64.7 cm³/mol. The summed E-state index contributed by atoms with van der Waals surface area (Å²) in [4.78, 5) is 2.36. The van der Waals surface area contributed by atoms with Crippen molar-refractivity contribution in [2.75, 3.05) is 19.6 Å². The fourth-order valence-electron chi connectivity index (χ4n) is 3.13. The molecule has 3 heteroatoms. The van der Waals surface area contributed by atoms with Crippen molar-refractivity contribution in [3.8, 4) is 0 Å². The largest absolute Gasteiger partial charge is 0.391 e. The smallest absolute Gasteiger partial charge is 0.0713 e. The van der Waals surface area contributed by atoms with Gasteiger partial charge in [0.2, 0.25) is 0 Å². The van der Waals surface area contributed by atoms with Gasteiger partial charge < -0.3 is 10.0 Å². The first kappa shape index (κ1) is 10.6. The van der Waals surface area contributed by atoms with Crippen LogP contribution in [0.15, 0.2) is 24.3 Å². The summed E-state index contributed by atoms with van der Waals surface area (Å²) in [6.07, 6.45) is 1.01. The minimum atomic E-state index is -0.150. The number of nitrogens with zero attached hydrogens (tertiary/aromatic N) is 1. The Morgan fingerprint density at radius 3 is 2.69 bits per heavy atom. The van der Waals surface area contributed by atoms with E-state index in [1.807, 2.05) is 12.1 Å². The highest BCUT2D eigenvalue weighted by molar-refractivity contribution is 6.30. The molecule has 0 aromatic heterocycles. The van der Waals surface area contributed by atoms with E-state index >= 15 is 0 Å². The van der Waals surface area contributed by atoms with E-state index in [9.17, 15) is 5.11 Å². The fourth-order valence-corrected chi connectivity index (χ4v) is 3.26. The third kappa shape index (κ3) is 1.75. The molecule has 2 unspecified atom stereocenters. The number of fused-ring (bicyclic) bond motifs is 2. The predicted octanol–water partition coefficient (Wildman–Crippen LogP) is 2.12. The van der Waals surface area contributed by atoms with Crippen molar-refractivity contribution in [2.45, 2.75) is 18.4 Å². The van der Waals surface area contributed by atoms with Crippen molar-refractivity contribution in [2.24, 2.45) is 5.92 Å². The number of piperidine rings is 1. The average Bonchev–Trinajstić information content (AvgIpc) is 2.57. The average molecular weight is 238 g/mol. The van der Waals surface area contributed by atoms with E-state index in [2.05, 4.69) is 17.0 Å². The summed E-state index contributed by atoms with van der Waals surface area (Å²) in [5.74, 6) is 0.918. The van der Waals surface area contributed by atoms with Crippen LogP contribution in [0.3, 0.4) is 0 Å². The Morgan fingerprint density at radius 1 is 1.19 bits per heavy atom. The summed E-state index contributed by atoms with van der Waals surface area (Å²) >= 11 is 5.90. The van der Waals surface area contributed by atoms with Gasteiger partial charge in [0.1, 0.15) is 0 Å². The van der Waals surface area contributed by atoms with Gasteiger partial charge >= 0.3 is 0 Å². The Kier molecular flexibility index (Phi) is 2.66. The number of aliphatic hydroxyl groups excluding tert-OH is 1. The van der Waals surface area contributed by atoms with Gasteiger partial charge in [-0.3, -0.25) is 0 Å². The maximum absolute atomic E-state index is 10.0. The summed E-state index contributed by atoms with van der Waals surface area (Å²) in [6.45, 7) is 3.02. The van der Waals surface area contributed by atoms with Gasteiger partial charge in [0.25, 0.3) is 0 Å². The van der Waals surface area contributed by atoms with Crippen LogP contribution in [0.4, 0.5) is 0 Å². The molecule has 1 aromatic rings. The highest BCUT2D eigenvalue weighted by Crippen LogP contribution is 2.39. The highest BCUT2D eigenvalue weighted by Gasteiger charge is 2.40. The summed E-state index contributed by atoms with van der Waals surface area (Å²) in [7, 11) is 0. The molecule has 0 aliphatic carbocycles. The Hall–Kier alpha value is -0.570. The van der Waals surface area contributed by atoms with E-state index in [0.29, 0.717) is 11.8 Å². The van der Waals surface area contributed by atoms with Crippen LogP contribution < -0.4 is 0 Å². The van der Waals surface area contributed by atoms with Crippen LogP contribution in [0.5, 0.6) is 0 Å². The minimum absolute atomic E-state index is 0.150. The second-order valence-corrected chi connectivity index (χ2v) is 5.37. The first-order chi connectivity index (χ1) is 7.74. The molecule has 3 rings (SSSR count). The first-order valence-electron chi connectivity index (χ1n) is 5.90. The zero-order chi connectivity index (χ0) is 11.1. The second-order valence-electron chi connectivity index (χ2n) is 4.94. The lowest BCUT2D eigenvalue weighted by Crippen LogP contribution is -2.31. The maximum atomic E-state index is 10.0. The normalized spacial score (nSPS) is 37.6. The number of benzene rings is 1. The molecule has 0 saturated carbocycles. The van der Waals surface area contributed by atoms with Crippen LogP contribution in [-0.4, -0.2) is 35.7 Å². The van der Waals surface area contributed by atoms with E-state index in [0.717, 1.165) is 31.1 Å². The van der Waals surface area contributed by atoms with E-state index in [1.54, 1.807) is 0 Å². The number of hydrogen-bond acceptors (Lipinski definition) is 2. The third-order valence-electron chi connectivity index (χ3n) is 3.98. The molecule has 2 aliphatic heterocycles. The molecule has 2 nitrogen and oxygen atoms in total. The van der Waals surface area contributed by atoms with Gasteiger partial charge in [-0.1, -0.05) is 23.7 Å². The maximum Gasteiger partial charge on any atom is 0.0713 e. The van der Waals surface area contributed by atoms with Crippen LogP contribution >= 0.6 is 11.6 Å². The van der Waals surface area contributed by atoms with Gasteiger partial charge in [-0.25, -0.2) is 0 Å². The van der Waals surface area contributed by atoms with Crippen molar-refractivity contribution in [3.05, 3.63) is 34.9 Å². The monoisotopic (exact) mass is 237 g/mol. The molecule has 0 spiro atoms. The highest BCUT2D eigenvalue weighted by atomic mass is 35.5.